The van der Waals surface area contributed by atoms with E-state index in [4.69, 9.17) is 5.41 Å². The van der Waals surface area contributed by atoms with Gasteiger partial charge in [0, 0.05) is 6.21 Å². The Morgan fingerprint density at radius 2 is 2.14 bits per heavy atom. The minimum absolute atomic E-state index is 0.0935. The summed E-state index contributed by atoms with van der Waals surface area (Å²) >= 11 is 3.69. The SMILES string of the molecule is CC(C)(C)c1csc(C=N)c1/N=C\I. The molecule has 0 aliphatic carbocycles. The van der Waals surface area contributed by atoms with E-state index >= 15 is 0 Å². The number of hydrogen-bond acceptors (Lipinski definition) is 3. The number of nitrogens with one attached hydrogen (secondary N) is 1. The Bertz CT molecular complexity index is 361. The summed E-state index contributed by atoms with van der Waals surface area (Å²) in [6.45, 7) is 6.49. The molecule has 76 valence electrons. The fourth-order valence-electron chi connectivity index (χ4n) is 1.18. The lowest BCUT2D eigenvalue weighted by Gasteiger charge is -2.17. The first-order chi connectivity index (χ1) is 6.50. The zero-order valence-corrected chi connectivity index (χ0v) is 11.4. The predicted octanol–water partition coefficient (Wildman–Crippen LogP) is 4.14. The number of thiophene rings is 1. The van der Waals surface area contributed by atoms with Gasteiger partial charge in [0.1, 0.15) is 0 Å². The summed E-state index contributed by atoms with van der Waals surface area (Å²) in [5, 5.41) is 9.39. The predicted molar refractivity (Wildman–Crippen MR) is 73.1 cm³/mol. The maximum Gasteiger partial charge on any atom is 0.0867 e. The van der Waals surface area contributed by atoms with Crippen molar-refractivity contribution >= 4 is 50.1 Å². The molecule has 0 atom stereocenters. The first kappa shape index (κ1) is 11.8. The van der Waals surface area contributed by atoms with E-state index in [1.54, 1.807) is 15.6 Å². The molecule has 0 saturated carbocycles. The van der Waals surface area contributed by atoms with Gasteiger partial charge in [-0.1, -0.05) is 20.8 Å². The lowest BCUT2D eigenvalue weighted by Crippen LogP contribution is -2.09. The van der Waals surface area contributed by atoms with Crippen LogP contribution in [0.3, 0.4) is 0 Å². The molecule has 0 aliphatic rings. The molecule has 1 aromatic rings. The Kier molecular flexibility index (Phi) is 3.83. The molecule has 1 rings (SSSR count). The highest BCUT2D eigenvalue weighted by Gasteiger charge is 2.21. The fraction of sp³-hybridized carbons (Fsp3) is 0.400. The first-order valence-electron chi connectivity index (χ1n) is 4.26. The third-order valence-corrected chi connectivity index (χ3v) is 3.11. The van der Waals surface area contributed by atoms with E-state index in [-0.39, 0.29) is 5.41 Å². The summed E-state index contributed by atoms with van der Waals surface area (Å²) in [7, 11) is 0. The van der Waals surface area contributed by atoms with Crippen LogP contribution in [0.5, 0.6) is 0 Å². The van der Waals surface area contributed by atoms with Gasteiger partial charge in [0.2, 0.25) is 0 Å². The molecular formula is C10H13IN2S. The quantitative estimate of drug-likeness (QED) is 0.628. The molecule has 0 spiro atoms. The fourth-order valence-corrected chi connectivity index (χ4v) is 2.51. The Balaban J connectivity index is 3.31. The zero-order valence-electron chi connectivity index (χ0n) is 8.47. The Morgan fingerprint density at radius 3 is 2.57 bits per heavy atom. The highest BCUT2D eigenvalue weighted by Crippen LogP contribution is 2.37. The Labute approximate surface area is 102 Å². The second kappa shape index (κ2) is 4.53. The molecule has 0 aromatic carbocycles. The van der Waals surface area contributed by atoms with Gasteiger partial charge in [-0.05, 0) is 38.9 Å². The summed E-state index contributed by atoms with van der Waals surface area (Å²) in [4.78, 5) is 5.26. The Hall–Kier alpha value is -0.230. The van der Waals surface area contributed by atoms with Gasteiger partial charge in [-0.15, -0.1) is 11.3 Å². The van der Waals surface area contributed by atoms with E-state index in [1.165, 1.54) is 11.8 Å². The smallest absolute Gasteiger partial charge is 0.0867 e. The number of rotatable bonds is 2. The van der Waals surface area contributed by atoms with Crippen molar-refractivity contribution in [1.82, 2.24) is 0 Å². The third-order valence-electron chi connectivity index (χ3n) is 1.91. The van der Waals surface area contributed by atoms with Crippen LogP contribution in [0.4, 0.5) is 5.69 Å². The van der Waals surface area contributed by atoms with Crippen molar-refractivity contribution in [1.29, 1.82) is 5.41 Å². The average molecular weight is 320 g/mol. The normalized spacial score (nSPS) is 12.3. The maximum absolute atomic E-state index is 7.29. The largest absolute Gasteiger partial charge is 0.307 e. The van der Waals surface area contributed by atoms with Crippen molar-refractivity contribution in [3.05, 3.63) is 15.8 Å². The van der Waals surface area contributed by atoms with Crippen molar-refractivity contribution < 1.29 is 0 Å². The molecular weight excluding hydrogens is 307 g/mol. The van der Waals surface area contributed by atoms with E-state index in [0.717, 1.165) is 10.6 Å². The van der Waals surface area contributed by atoms with Gasteiger partial charge in [0.15, 0.2) is 0 Å². The highest BCUT2D eigenvalue weighted by atomic mass is 127. The van der Waals surface area contributed by atoms with Gasteiger partial charge in [-0.25, -0.2) is 4.99 Å². The van der Waals surface area contributed by atoms with Crippen molar-refractivity contribution in [2.45, 2.75) is 26.2 Å². The number of nitrogens with zero attached hydrogens (tertiary/aromatic N) is 1. The summed E-state index contributed by atoms with van der Waals surface area (Å²) < 4.78 is 1.75. The van der Waals surface area contributed by atoms with Crippen LogP contribution in [-0.4, -0.2) is 10.4 Å². The third kappa shape index (κ3) is 2.42. The van der Waals surface area contributed by atoms with Gasteiger partial charge in [0.25, 0.3) is 0 Å². The van der Waals surface area contributed by atoms with Crippen molar-refractivity contribution in [3.63, 3.8) is 0 Å². The second-order valence-electron chi connectivity index (χ2n) is 3.98. The maximum atomic E-state index is 7.29. The summed E-state index contributed by atoms with van der Waals surface area (Å²) in [6, 6.07) is 0. The van der Waals surface area contributed by atoms with E-state index in [0.29, 0.717) is 0 Å². The van der Waals surface area contributed by atoms with E-state index in [9.17, 15) is 0 Å². The van der Waals surface area contributed by atoms with Crippen LogP contribution in [0.25, 0.3) is 0 Å². The molecule has 0 bridgehead atoms. The number of hydrogen-bond donors (Lipinski definition) is 1. The Morgan fingerprint density at radius 1 is 1.50 bits per heavy atom. The second-order valence-corrected chi connectivity index (χ2v) is 5.45. The van der Waals surface area contributed by atoms with E-state index in [2.05, 4.69) is 53.7 Å². The van der Waals surface area contributed by atoms with Crippen LogP contribution in [0, 0.1) is 5.41 Å². The van der Waals surface area contributed by atoms with Crippen LogP contribution >= 0.6 is 33.9 Å². The molecule has 0 unspecified atom stereocenters. The lowest BCUT2D eigenvalue weighted by atomic mass is 9.88. The lowest BCUT2D eigenvalue weighted by molar-refractivity contribution is 0.594. The zero-order chi connectivity index (χ0) is 10.8. The summed E-state index contributed by atoms with van der Waals surface area (Å²) in [5.74, 6) is 0. The van der Waals surface area contributed by atoms with Crippen molar-refractivity contribution in [2.24, 2.45) is 4.99 Å². The monoisotopic (exact) mass is 320 g/mol. The molecule has 0 saturated heterocycles. The standard InChI is InChI=1S/C10H13IN2S/c1-10(2,3)7-5-14-8(4-12)9(7)13-6-11/h4-6,12H,1-3H3/b12-4?,13-6-. The summed E-state index contributed by atoms with van der Waals surface area (Å²) in [5.41, 5.74) is 2.26. The number of halogens is 1. The van der Waals surface area contributed by atoms with Crippen molar-refractivity contribution in [2.75, 3.05) is 0 Å². The minimum atomic E-state index is 0.0935. The first-order valence-corrected chi connectivity index (χ1v) is 6.38. The van der Waals surface area contributed by atoms with E-state index < -0.39 is 0 Å². The van der Waals surface area contributed by atoms with Crippen LogP contribution in [0.1, 0.15) is 31.2 Å². The van der Waals surface area contributed by atoms with Gasteiger partial charge < -0.3 is 5.41 Å². The van der Waals surface area contributed by atoms with Crippen LogP contribution in [-0.2, 0) is 5.41 Å². The number of aliphatic imine (C=N–C) groups is 1. The van der Waals surface area contributed by atoms with Crippen molar-refractivity contribution in [3.8, 4) is 0 Å². The molecule has 0 radical (unpaired) electrons. The minimum Gasteiger partial charge on any atom is -0.307 e. The molecule has 2 nitrogen and oxygen atoms in total. The topological polar surface area (TPSA) is 36.2 Å². The molecule has 0 aliphatic heterocycles. The van der Waals surface area contributed by atoms with Gasteiger partial charge in [-0.2, -0.15) is 0 Å². The molecule has 1 heterocycles. The summed E-state index contributed by atoms with van der Waals surface area (Å²) in [6.07, 6.45) is 1.37. The molecule has 0 amide bonds. The van der Waals surface area contributed by atoms with E-state index in [1.807, 2.05) is 0 Å². The van der Waals surface area contributed by atoms with Gasteiger partial charge in [-0.3, -0.25) is 0 Å². The average Bonchev–Trinajstić information content (AvgIpc) is 2.47. The highest BCUT2D eigenvalue weighted by molar-refractivity contribution is 14.1. The molecule has 1 N–H and O–H groups in total. The van der Waals surface area contributed by atoms with Gasteiger partial charge >= 0.3 is 0 Å². The molecule has 14 heavy (non-hydrogen) atoms. The van der Waals surface area contributed by atoms with Crippen LogP contribution in [0.15, 0.2) is 10.4 Å². The van der Waals surface area contributed by atoms with Gasteiger partial charge in [0.05, 0.1) is 14.8 Å². The molecule has 4 heteroatoms. The van der Waals surface area contributed by atoms with Crippen LogP contribution < -0.4 is 0 Å². The van der Waals surface area contributed by atoms with Crippen LogP contribution in [0.2, 0.25) is 0 Å². The molecule has 0 fully saturated rings. The molecule has 1 aromatic heterocycles.